The highest BCUT2D eigenvalue weighted by molar-refractivity contribution is 5.94. The summed E-state index contributed by atoms with van der Waals surface area (Å²) in [6.07, 6.45) is 3.49. The molecule has 1 aromatic heterocycles. The predicted molar refractivity (Wildman–Crippen MR) is 77.0 cm³/mol. The molecule has 0 aliphatic heterocycles. The Labute approximate surface area is 122 Å². The SMILES string of the molecule is CC(CC(=O)O)NC(=O)c1ccc(Cn2cccn2)cc1. The molecule has 21 heavy (non-hydrogen) atoms. The summed E-state index contributed by atoms with van der Waals surface area (Å²) in [5.41, 5.74) is 1.55. The maximum absolute atomic E-state index is 11.9. The molecule has 0 aliphatic rings. The molecule has 0 fully saturated rings. The third-order valence-corrected chi connectivity index (χ3v) is 2.98. The van der Waals surface area contributed by atoms with Crippen LogP contribution in [0.5, 0.6) is 0 Å². The Morgan fingerprint density at radius 2 is 2.05 bits per heavy atom. The standard InChI is InChI=1S/C15H17N3O3/c1-11(9-14(19)20)17-15(21)13-5-3-12(4-6-13)10-18-8-2-7-16-18/h2-8,11H,9-10H2,1H3,(H,17,21)(H,19,20). The van der Waals surface area contributed by atoms with Crippen LogP contribution in [0.15, 0.2) is 42.7 Å². The molecule has 1 atom stereocenters. The molecule has 1 heterocycles. The van der Waals surface area contributed by atoms with Crippen LogP contribution in [0.2, 0.25) is 0 Å². The number of carbonyl (C=O) groups is 2. The molecule has 0 saturated carbocycles. The van der Waals surface area contributed by atoms with Gasteiger partial charge in [-0.15, -0.1) is 0 Å². The molecule has 0 spiro atoms. The van der Waals surface area contributed by atoms with Crippen LogP contribution < -0.4 is 5.32 Å². The summed E-state index contributed by atoms with van der Waals surface area (Å²) in [4.78, 5) is 22.5. The van der Waals surface area contributed by atoms with Gasteiger partial charge in [0, 0.05) is 24.0 Å². The molecule has 6 heteroatoms. The Kier molecular flexibility index (Phi) is 4.71. The van der Waals surface area contributed by atoms with Gasteiger partial charge < -0.3 is 10.4 Å². The van der Waals surface area contributed by atoms with Crippen LogP contribution in [0, 0.1) is 0 Å². The van der Waals surface area contributed by atoms with Crippen molar-refractivity contribution in [3.63, 3.8) is 0 Å². The third-order valence-electron chi connectivity index (χ3n) is 2.98. The minimum Gasteiger partial charge on any atom is -0.481 e. The second-order valence-electron chi connectivity index (χ2n) is 4.87. The maximum Gasteiger partial charge on any atom is 0.305 e. The Morgan fingerprint density at radius 1 is 1.33 bits per heavy atom. The van der Waals surface area contributed by atoms with Gasteiger partial charge in [-0.1, -0.05) is 12.1 Å². The third kappa shape index (κ3) is 4.45. The van der Waals surface area contributed by atoms with Crippen molar-refractivity contribution in [3.05, 3.63) is 53.9 Å². The zero-order valence-electron chi connectivity index (χ0n) is 11.7. The van der Waals surface area contributed by atoms with Crippen molar-refractivity contribution in [1.29, 1.82) is 0 Å². The lowest BCUT2D eigenvalue weighted by atomic mass is 10.1. The molecule has 0 aliphatic carbocycles. The summed E-state index contributed by atoms with van der Waals surface area (Å²) in [7, 11) is 0. The van der Waals surface area contributed by atoms with Crippen LogP contribution in [0.4, 0.5) is 0 Å². The minimum atomic E-state index is -0.933. The topological polar surface area (TPSA) is 84.2 Å². The monoisotopic (exact) mass is 287 g/mol. The van der Waals surface area contributed by atoms with E-state index in [0.29, 0.717) is 12.1 Å². The van der Waals surface area contributed by atoms with Gasteiger partial charge in [0.25, 0.3) is 5.91 Å². The van der Waals surface area contributed by atoms with Crippen LogP contribution in [-0.2, 0) is 11.3 Å². The minimum absolute atomic E-state index is 0.0941. The highest BCUT2D eigenvalue weighted by Gasteiger charge is 2.12. The number of hydrogen-bond acceptors (Lipinski definition) is 3. The lowest BCUT2D eigenvalue weighted by Gasteiger charge is -2.11. The van der Waals surface area contributed by atoms with Gasteiger partial charge in [0.15, 0.2) is 0 Å². The Hall–Kier alpha value is -2.63. The second-order valence-corrected chi connectivity index (χ2v) is 4.87. The summed E-state index contributed by atoms with van der Waals surface area (Å²) < 4.78 is 1.80. The number of nitrogens with zero attached hydrogens (tertiary/aromatic N) is 2. The Balaban J connectivity index is 1.95. The Bertz CT molecular complexity index is 606. The molecule has 2 aromatic rings. The van der Waals surface area contributed by atoms with Crippen LogP contribution in [0.3, 0.4) is 0 Å². The lowest BCUT2D eigenvalue weighted by molar-refractivity contribution is -0.137. The molecular formula is C15H17N3O3. The highest BCUT2D eigenvalue weighted by atomic mass is 16.4. The van der Waals surface area contributed by atoms with E-state index in [1.165, 1.54) is 0 Å². The van der Waals surface area contributed by atoms with Gasteiger partial charge in [-0.25, -0.2) is 0 Å². The van der Waals surface area contributed by atoms with Gasteiger partial charge in [-0.05, 0) is 30.7 Å². The fourth-order valence-electron chi connectivity index (χ4n) is 1.96. The lowest BCUT2D eigenvalue weighted by Crippen LogP contribution is -2.34. The van der Waals surface area contributed by atoms with Crippen molar-refractivity contribution in [2.45, 2.75) is 25.9 Å². The number of aliphatic carboxylic acids is 1. The molecule has 1 amide bonds. The number of rotatable bonds is 6. The summed E-state index contributed by atoms with van der Waals surface area (Å²) >= 11 is 0. The van der Waals surface area contributed by atoms with Crippen LogP contribution in [0.25, 0.3) is 0 Å². The smallest absolute Gasteiger partial charge is 0.305 e. The summed E-state index contributed by atoms with van der Waals surface area (Å²) in [5, 5.41) is 15.4. The predicted octanol–water partition coefficient (Wildman–Crippen LogP) is 1.52. The number of nitrogens with one attached hydrogen (secondary N) is 1. The first-order valence-electron chi connectivity index (χ1n) is 6.63. The quantitative estimate of drug-likeness (QED) is 0.843. The molecule has 2 rings (SSSR count). The number of carbonyl (C=O) groups excluding carboxylic acids is 1. The number of hydrogen-bond donors (Lipinski definition) is 2. The van der Waals surface area contributed by atoms with Gasteiger partial charge in [-0.2, -0.15) is 5.10 Å². The van der Waals surface area contributed by atoms with Crippen molar-refractivity contribution in [1.82, 2.24) is 15.1 Å². The first-order chi connectivity index (χ1) is 10.0. The van der Waals surface area contributed by atoms with Gasteiger partial charge in [0.05, 0.1) is 13.0 Å². The van der Waals surface area contributed by atoms with E-state index in [1.54, 1.807) is 29.9 Å². The number of aromatic nitrogens is 2. The molecule has 2 N–H and O–H groups in total. The van der Waals surface area contributed by atoms with E-state index in [-0.39, 0.29) is 12.3 Å². The number of amides is 1. The van der Waals surface area contributed by atoms with E-state index >= 15 is 0 Å². The molecule has 6 nitrogen and oxygen atoms in total. The van der Waals surface area contributed by atoms with Crippen LogP contribution in [-0.4, -0.2) is 32.8 Å². The summed E-state index contributed by atoms with van der Waals surface area (Å²) in [6, 6.07) is 8.62. The average molecular weight is 287 g/mol. The van der Waals surface area contributed by atoms with E-state index in [2.05, 4.69) is 10.4 Å². The second kappa shape index (κ2) is 6.69. The first-order valence-corrected chi connectivity index (χ1v) is 6.63. The Morgan fingerprint density at radius 3 is 2.62 bits per heavy atom. The normalized spacial score (nSPS) is 11.9. The molecule has 0 radical (unpaired) electrons. The zero-order chi connectivity index (χ0) is 15.2. The highest BCUT2D eigenvalue weighted by Crippen LogP contribution is 2.07. The van der Waals surface area contributed by atoms with Crippen LogP contribution in [0.1, 0.15) is 29.3 Å². The van der Waals surface area contributed by atoms with E-state index in [0.717, 1.165) is 5.56 Å². The number of benzene rings is 1. The van der Waals surface area contributed by atoms with Crippen LogP contribution >= 0.6 is 0 Å². The molecular weight excluding hydrogens is 270 g/mol. The van der Waals surface area contributed by atoms with Gasteiger partial charge in [0.2, 0.25) is 0 Å². The van der Waals surface area contributed by atoms with Crippen molar-refractivity contribution in [3.8, 4) is 0 Å². The van der Waals surface area contributed by atoms with E-state index in [1.807, 2.05) is 24.4 Å². The fraction of sp³-hybridized carbons (Fsp3) is 0.267. The van der Waals surface area contributed by atoms with E-state index < -0.39 is 12.0 Å². The maximum atomic E-state index is 11.9. The fourth-order valence-corrected chi connectivity index (χ4v) is 1.96. The van der Waals surface area contributed by atoms with Crippen molar-refractivity contribution >= 4 is 11.9 Å². The number of carboxylic acid groups (broad SMARTS) is 1. The van der Waals surface area contributed by atoms with Crippen molar-refractivity contribution in [2.75, 3.05) is 0 Å². The first kappa shape index (κ1) is 14.8. The molecule has 0 saturated heterocycles. The van der Waals surface area contributed by atoms with Gasteiger partial charge in [-0.3, -0.25) is 14.3 Å². The van der Waals surface area contributed by atoms with Crippen molar-refractivity contribution < 1.29 is 14.7 Å². The zero-order valence-corrected chi connectivity index (χ0v) is 11.7. The molecule has 110 valence electrons. The summed E-state index contributed by atoms with van der Waals surface area (Å²) in [6.45, 7) is 2.31. The summed E-state index contributed by atoms with van der Waals surface area (Å²) in [5.74, 6) is -1.20. The molecule has 0 bridgehead atoms. The average Bonchev–Trinajstić information content (AvgIpc) is 2.91. The van der Waals surface area contributed by atoms with E-state index in [4.69, 9.17) is 5.11 Å². The largest absolute Gasteiger partial charge is 0.481 e. The van der Waals surface area contributed by atoms with Gasteiger partial charge in [0.1, 0.15) is 0 Å². The van der Waals surface area contributed by atoms with E-state index in [9.17, 15) is 9.59 Å². The molecule has 1 aromatic carbocycles. The molecule has 1 unspecified atom stereocenters. The van der Waals surface area contributed by atoms with Crippen molar-refractivity contribution in [2.24, 2.45) is 0 Å². The number of carboxylic acids is 1. The van der Waals surface area contributed by atoms with Gasteiger partial charge >= 0.3 is 5.97 Å².